The van der Waals surface area contributed by atoms with Crippen LogP contribution in [-0.4, -0.2) is 57.5 Å². The van der Waals surface area contributed by atoms with E-state index in [0.717, 1.165) is 31.6 Å². The van der Waals surface area contributed by atoms with Gasteiger partial charge in [-0.05, 0) is 42.7 Å². The van der Waals surface area contributed by atoms with Crippen LogP contribution < -0.4 is 4.74 Å². The summed E-state index contributed by atoms with van der Waals surface area (Å²) >= 11 is 0. The molecule has 0 N–H and O–H groups in total. The molecule has 0 radical (unpaired) electrons. The molecule has 1 aliphatic rings. The molecule has 2 aromatic carbocycles. The molecule has 26 heavy (non-hydrogen) atoms. The van der Waals surface area contributed by atoms with Crippen molar-refractivity contribution in [3.8, 4) is 5.75 Å². The van der Waals surface area contributed by atoms with Gasteiger partial charge in [-0.15, -0.1) is 0 Å². The molecule has 0 aromatic heterocycles. The van der Waals surface area contributed by atoms with Crippen LogP contribution in [0.15, 0.2) is 53.4 Å². The number of benzene rings is 2. The molecule has 0 aliphatic carbocycles. The van der Waals surface area contributed by atoms with Gasteiger partial charge in [-0.1, -0.05) is 30.3 Å². The zero-order chi connectivity index (χ0) is 18.6. The largest absolute Gasteiger partial charge is 0.496 e. The second-order valence-corrected chi connectivity index (χ2v) is 8.55. The summed E-state index contributed by atoms with van der Waals surface area (Å²) in [5, 5.41) is 0. The molecule has 3 rings (SSSR count). The minimum Gasteiger partial charge on any atom is -0.496 e. The average Bonchev–Trinajstić information content (AvgIpc) is 2.67. The fraction of sp³-hybridized carbons (Fsp3) is 0.400. The van der Waals surface area contributed by atoms with E-state index in [9.17, 15) is 8.42 Å². The highest BCUT2D eigenvalue weighted by Crippen LogP contribution is 2.24. The monoisotopic (exact) mass is 374 g/mol. The van der Waals surface area contributed by atoms with Crippen molar-refractivity contribution in [2.75, 3.05) is 39.8 Å². The lowest BCUT2D eigenvalue weighted by Crippen LogP contribution is -2.49. The first-order valence-corrected chi connectivity index (χ1v) is 10.4. The van der Waals surface area contributed by atoms with Gasteiger partial charge < -0.3 is 9.64 Å². The smallest absolute Gasteiger partial charge is 0.243 e. The average molecular weight is 375 g/mol. The van der Waals surface area contributed by atoms with E-state index in [-0.39, 0.29) is 0 Å². The maximum atomic E-state index is 12.9. The lowest BCUT2D eigenvalue weighted by Gasteiger charge is -2.34. The highest BCUT2D eigenvalue weighted by molar-refractivity contribution is 7.89. The van der Waals surface area contributed by atoms with Crippen LogP contribution in [0.25, 0.3) is 0 Å². The van der Waals surface area contributed by atoms with Gasteiger partial charge in [0.25, 0.3) is 0 Å². The summed E-state index contributed by atoms with van der Waals surface area (Å²) < 4.78 is 32.6. The van der Waals surface area contributed by atoms with Crippen LogP contribution in [0, 0.1) is 6.92 Å². The van der Waals surface area contributed by atoms with Gasteiger partial charge in [0.1, 0.15) is 5.75 Å². The molecule has 0 atom stereocenters. The summed E-state index contributed by atoms with van der Waals surface area (Å²) in [6.45, 7) is 5.41. The fourth-order valence-electron chi connectivity index (χ4n) is 3.29. The Balaban J connectivity index is 1.59. The van der Waals surface area contributed by atoms with Crippen LogP contribution in [0.1, 0.15) is 11.1 Å². The Morgan fingerprint density at radius 1 is 1.00 bits per heavy atom. The van der Waals surface area contributed by atoms with Crippen molar-refractivity contribution in [1.29, 1.82) is 0 Å². The predicted molar refractivity (Wildman–Crippen MR) is 103 cm³/mol. The number of hydrogen-bond donors (Lipinski definition) is 0. The number of rotatable bonds is 6. The molecule has 0 bridgehead atoms. The van der Waals surface area contributed by atoms with Gasteiger partial charge in [-0.3, -0.25) is 0 Å². The van der Waals surface area contributed by atoms with Crippen LogP contribution in [0.4, 0.5) is 0 Å². The molecular weight excluding hydrogens is 348 g/mol. The molecule has 140 valence electrons. The molecule has 0 spiro atoms. The van der Waals surface area contributed by atoms with E-state index in [4.69, 9.17) is 4.74 Å². The third-order valence-corrected chi connectivity index (χ3v) is 6.79. The quantitative estimate of drug-likeness (QED) is 0.780. The number of piperazine rings is 1. The summed E-state index contributed by atoms with van der Waals surface area (Å²) in [4.78, 5) is 2.67. The van der Waals surface area contributed by atoms with Crippen molar-refractivity contribution in [2.45, 2.75) is 18.2 Å². The van der Waals surface area contributed by atoms with Gasteiger partial charge in [0.05, 0.1) is 12.0 Å². The van der Waals surface area contributed by atoms with E-state index in [0.29, 0.717) is 23.7 Å². The standard InChI is InChI=1S/C20H26N2O3S/c1-17-16-19(8-9-20(17)25-2)26(23,24)22-14-12-21(13-15-22)11-10-18-6-4-3-5-7-18/h3-9,16H,10-15H2,1-2H3. The minimum atomic E-state index is -3.45. The maximum Gasteiger partial charge on any atom is 0.243 e. The number of sulfonamides is 1. The van der Waals surface area contributed by atoms with Gasteiger partial charge in [-0.25, -0.2) is 8.42 Å². The normalized spacial score (nSPS) is 16.5. The minimum absolute atomic E-state index is 0.341. The Hall–Kier alpha value is -1.89. The first-order valence-electron chi connectivity index (χ1n) is 8.92. The van der Waals surface area contributed by atoms with Crippen LogP contribution in [0.2, 0.25) is 0 Å². The van der Waals surface area contributed by atoms with Crippen LogP contribution in [0.5, 0.6) is 5.75 Å². The van der Waals surface area contributed by atoms with Crippen molar-refractivity contribution in [3.05, 3.63) is 59.7 Å². The third kappa shape index (κ3) is 4.26. The number of nitrogens with zero attached hydrogens (tertiary/aromatic N) is 2. The number of aryl methyl sites for hydroxylation is 1. The zero-order valence-corrected chi connectivity index (χ0v) is 16.2. The Labute approximate surface area is 156 Å². The highest BCUT2D eigenvalue weighted by atomic mass is 32.2. The summed E-state index contributed by atoms with van der Waals surface area (Å²) in [6.07, 6.45) is 0.991. The SMILES string of the molecule is COc1ccc(S(=O)(=O)N2CCN(CCc3ccccc3)CC2)cc1C. The van der Waals surface area contributed by atoms with Crippen molar-refractivity contribution in [2.24, 2.45) is 0 Å². The highest BCUT2D eigenvalue weighted by Gasteiger charge is 2.28. The first kappa shape index (κ1) is 18.9. The molecule has 0 saturated carbocycles. The molecule has 2 aromatic rings. The molecule has 6 heteroatoms. The Morgan fingerprint density at radius 2 is 1.69 bits per heavy atom. The number of hydrogen-bond acceptors (Lipinski definition) is 4. The second-order valence-electron chi connectivity index (χ2n) is 6.61. The van der Waals surface area contributed by atoms with Gasteiger partial charge >= 0.3 is 0 Å². The second kappa shape index (κ2) is 8.20. The molecule has 5 nitrogen and oxygen atoms in total. The summed E-state index contributed by atoms with van der Waals surface area (Å²) in [7, 11) is -1.86. The zero-order valence-electron chi connectivity index (χ0n) is 15.4. The molecule has 1 heterocycles. The van der Waals surface area contributed by atoms with Crippen LogP contribution >= 0.6 is 0 Å². The molecule has 1 saturated heterocycles. The molecule has 0 unspecified atom stereocenters. The lowest BCUT2D eigenvalue weighted by atomic mass is 10.1. The van der Waals surface area contributed by atoms with Gasteiger partial charge in [-0.2, -0.15) is 4.31 Å². The van der Waals surface area contributed by atoms with Crippen LogP contribution in [0.3, 0.4) is 0 Å². The Morgan fingerprint density at radius 3 is 2.31 bits per heavy atom. The number of ether oxygens (including phenoxy) is 1. The van der Waals surface area contributed by atoms with Crippen molar-refractivity contribution < 1.29 is 13.2 Å². The molecular formula is C20H26N2O3S. The van der Waals surface area contributed by atoms with E-state index >= 15 is 0 Å². The summed E-state index contributed by atoms with van der Waals surface area (Å²) in [5.41, 5.74) is 2.14. The van der Waals surface area contributed by atoms with E-state index in [2.05, 4.69) is 29.2 Å². The van der Waals surface area contributed by atoms with Crippen molar-refractivity contribution >= 4 is 10.0 Å². The maximum absolute atomic E-state index is 12.9. The summed E-state index contributed by atoms with van der Waals surface area (Å²) in [5.74, 6) is 0.703. The van der Waals surface area contributed by atoms with Gasteiger partial charge in [0, 0.05) is 32.7 Å². The topological polar surface area (TPSA) is 49.9 Å². The van der Waals surface area contributed by atoms with Crippen LogP contribution in [-0.2, 0) is 16.4 Å². The summed E-state index contributed by atoms with van der Waals surface area (Å²) in [6, 6.07) is 15.4. The first-order chi connectivity index (χ1) is 12.5. The predicted octanol–water partition coefficient (Wildman–Crippen LogP) is 2.55. The van der Waals surface area contributed by atoms with E-state index in [1.165, 1.54) is 5.56 Å². The van der Waals surface area contributed by atoms with Gasteiger partial charge in [0.2, 0.25) is 10.0 Å². The van der Waals surface area contributed by atoms with Crippen molar-refractivity contribution in [3.63, 3.8) is 0 Å². The molecule has 1 aliphatic heterocycles. The Bertz CT molecular complexity index is 829. The van der Waals surface area contributed by atoms with E-state index in [1.807, 2.05) is 13.0 Å². The molecule has 1 fully saturated rings. The van der Waals surface area contributed by atoms with Gasteiger partial charge in [0.15, 0.2) is 0 Å². The molecule has 0 amide bonds. The fourth-order valence-corrected chi connectivity index (χ4v) is 4.79. The van der Waals surface area contributed by atoms with E-state index < -0.39 is 10.0 Å². The third-order valence-electron chi connectivity index (χ3n) is 4.89. The van der Waals surface area contributed by atoms with Crippen molar-refractivity contribution in [1.82, 2.24) is 9.21 Å². The Kier molecular flexibility index (Phi) is 5.96. The number of methoxy groups -OCH3 is 1. The van der Waals surface area contributed by atoms with E-state index in [1.54, 1.807) is 29.6 Å². The lowest BCUT2D eigenvalue weighted by molar-refractivity contribution is 0.190.